The van der Waals surface area contributed by atoms with Crippen LogP contribution in [-0.2, 0) is 0 Å². The van der Waals surface area contributed by atoms with Crippen LogP contribution in [0.5, 0.6) is 0 Å². The average molecular weight is 190 g/mol. The lowest BCUT2D eigenvalue weighted by Gasteiger charge is -2.11. The van der Waals surface area contributed by atoms with E-state index in [1.807, 2.05) is 6.07 Å². The summed E-state index contributed by atoms with van der Waals surface area (Å²) in [5.41, 5.74) is 0.948. The largest absolute Gasteiger partial charge is 0.327 e. The van der Waals surface area contributed by atoms with Crippen molar-refractivity contribution in [2.75, 3.05) is 13.6 Å². The molecule has 0 atom stereocenters. The Morgan fingerprint density at radius 3 is 2.93 bits per heavy atom. The lowest BCUT2D eigenvalue weighted by atomic mass is 10.3. The van der Waals surface area contributed by atoms with Crippen LogP contribution in [0.2, 0.25) is 0 Å². The smallest absolute Gasteiger partial charge is 0.274 e. The summed E-state index contributed by atoms with van der Waals surface area (Å²) in [5, 5.41) is 8.41. The van der Waals surface area contributed by atoms with E-state index < -0.39 is 0 Å². The molecule has 1 rings (SSSR count). The molecular formula is C9H10N4O. The number of nitrogens with zero attached hydrogens (tertiary/aromatic N) is 4. The normalized spacial score (nSPS) is 9.21. The summed E-state index contributed by atoms with van der Waals surface area (Å²) < 4.78 is 0. The first-order valence-electron chi connectivity index (χ1n) is 4.06. The second-order valence-electron chi connectivity index (χ2n) is 2.87. The van der Waals surface area contributed by atoms with Crippen molar-refractivity contribution in [3.63, 3.8) is 0 Å². The Bertz CT molecular complexity index is 383. The maximum absolute atomic E-state index is 11.6. The van der Waals surface area contributed by atoms with Crippen LogP contribution in [0.3, 0.4) is 0 Å². The van der Waals surface area contributed by atoms with Gasteiger partial charge in [0.2, 0.25) is 0 Å². The van der Waals surface area contributed by atoms with Gasteiger partial charge >= 0.3 is 0 Å². The van der Waals surface area contributed by atoms with E-state index in [2.05, 4.69) is 9.97 Å². The van der Waals surface area contributed by atoms with Crippen molar-refractivity contribution in [3.8, 4) is 6.07 Å². The Balaban J connectivity index is 2.85. The molecule has 0 aromatic carbocycles. The third-order valence-electron chi connectivity index (χ3n) is 1.63. The van der Waals surface area contributed by atoms with Crippen LogP contribution in [0.25, 0.3) is 0 Å². The van der Waals surface area contributed by atoms with Crippen LogP contribution in [0.4, 0.5) is 0 Å². The highest BCUT2D eigenvalue weighted by Gasteiger charge is 2.12. The molecule has 0 bridgehead atoms. The minimum atomic E-state index is -0.289. The molecule has 14 heavy (non-hydrogen) atoms. The first-order valence-corrected chi connectivity index (χ1v) is 4.06. The summed E-state index contributed by atoms with van der Waals surface area (Å²) in [6.45, 7) is 1.81. The van der Waals surface area contributed by atoms with Crippen molar-refractivity contribution in [2.45, 2.75) is 6.92 Å². The van der Waals surface area contributed by atoms with Gasteiger partial charge in [-0.2, -0.15) is 5.26 Å². The monoisotopic (exact) mass is 190 g/mol. The van der Waals surface area contributed by atoms with E-state index in [1.54, 1.807) is 20.2 Å². The fraction of sp³-hybridized carbons (Fsp3) is 0.333. The summed E-state index contributed by atoms with van der Waals surface area (Å²) in [7, 11) is 1.55. The van der Waals surface area contributed by atoms with E-state index in [-0.39, 0.29) is 18.1 Å². The first kappa shape index (κ1) is 10.1. The molecule has 0 saturated carbocycles. The second kappa shape index (κ2) is 4.33. The van der Waals surface area contributed by atoms with Crippen LogP contribution in [0.1, 0.15) is 16.2 Å². The van der Waals surface area contributed by atoms with Crippen LogP contribution in [0, 0.1) is 18.3 Å². The Labute approximate surface area is 82.0 Å². The molecule has 5 nitrogen and oxygen atoms in total. The Morgan fingerprint density at radius 2 is 2.36 bits per heavy atom. The van der Waals surface area contributed by atoms with Gasteiger partial charge in [-0.3, -0.25) is 9.78 Å². The van der Waals surface area contributed by atoms with E-state index in [0.29, 0.717) is 5.69 Å². The molecule has 1 aromatic heterocycles. The summed E-state index contributed by atoms with van der Waals surface area (Å²) in [4.78, 5) is 20.7. The van der Waals surface area contributed by atoms with Gasteiger partial charge in [0.25, 0.3) is 5.91 Å². The van der Waals surface area contributed by atoms with Gasteiger partial charge in [0.15, 0.2) is 0 Å². The molecule has 0 unspecified atom stereocenters. The quantitative estimate of drug-likeness (QED) is 0.632. The number of hydrogen-bond acceptors (Lipinski definition) is 4. The predicted octanol–water partition coefficient (Wildman–Crippen LogP) is 0.381. The molecule has 5 heteroatoms. The molecule has 0 saturated heterocycles. The van der Waals surface area contributed by atoms with Crippen molar-refractivity contribution in [3.05, 3.63) is 23.8 Å². The fourth-order valence-corrected chi connectivity index (χ4v) is 0.940. The number of carbonyl (C=O) groups excluding carboxylic acids is 1. The van der Waals surface area contributed by atoms with E-state index in [0.717, 1.165) is 0 Å². The van der Waals surface area contributed by atoms with E-state index >= 15 is 0 Å². The minimum Gasteiger partial charge on any atom is -0.327 e. The number of rotatable bonds is 2. The molecule has 0 aliphatic rings. The van der Waals surface area contributed by atoms with Crippen LogP contribution in [0.15, 0.2) is 12.4 Å². The van der Waals surface area contributed by atoms with Crippen molar-refractivity contribution in [2.24, 2.45) is 0 Å². The molecule has 72 valence electrons. The zero-order valence-electron chi connectivity index (χ0n) is 8.06. The zero-order valence-corrected chi connectivity index (χ0v) is 8.06. The summed E-state index contributed by atoms with van der Waals surface area (Å²) in [5.74, 6) is -0.289. The van der Waals surface area contributed by atoms with E-state index in [4.69, 9.17) is 5.26 Å². The SMILES string of the molecule is Cc1cncc(C(=O)N(C)CC#N)n1. The van der Waals surface area contributed by atoms with Crippen LogP contribution < -0.4 is 0 Å². The standard InChI is InChI=1S/C9H10N4O/c1-7-5-11-6-8(12-7)9(14)13(2)4-3-10/h5-6H,4H2,1-2H3. The first-order chi connectivity index (χ1) is 6.65. The molecule has 0 fully saturated rings. The number of carbonyl (C=O) groups is 1. The van der Waals surface area contributed by atoms with Gasteiger partial charge < -0.3 is 4.90 Å². The molecule has 1 heterocycles. The second-order valence-corrected chi connectivity index (χ2v) is 2.87. The lowest BCUT2D eigenvalue weighted by Crippen LogP contribution is -2.28. The molecule has 0 spiro atoms. The zero-order chi connectivity index (χ0) is 10.6. The average Bonchev–Trinajstić information content (AvgIpc) is 2.17. The van der Waals surface area contributed by atoms with Crippen molar-refractivity contribution < 1.29 is 4.79 Å². The van der Waals surface area contributed by atoms with Gasteiger partial charge in [0, 0.05) is 13.2 Å². The van der Waals surface area contributed by atoms with Gasteiger partial charge in [0.1, 0.15) is 12.2 Å². The summed E-state index contributed by atoms with van der Waals surface area (Å²) in [6.07, 6.45) is 2.96. The lowest BCUT2D eigenvalue weighted by molar-refractivity contribution is 0.0805. The fourth-order valence-electron chi connectivity index (χ4n) is 0.940. The molecule has 1 aromatic rings. The predicted molar refractivity (Wildman–Crippen MR) is 49.3 cm³/mol. The number of hydrogen-bond donors (Lipinski definition) is 0. The van der Waals surface area contributed by atoms with Crippen molar-refractivity contribution >= 4 is 5.91 Å². The van der Waals surface area contributed by atoms with Gasteiger partial charge in [0.05, 0.1) is 18.0 Å². The topological polar surface area (TPSA) is 69.9 Å². The third kappa shape index (κ3) is 2.26. The molecule has 0 aliphatic heterocycles. The van der Waals surface area contributed by atoms with Crippen LogP contribution in [-0.4, -0.2) is 34.4 Å². The van der Waals surface area contributed by atoms with Gasteiger partial charge in [-0.15, -0.1) is 0 Å². The molecular weight excluding hydrogens is 180 g/mol. The van der Waals surface area contributed by atoms with E-state index in [9.17, 15) is 4.79 Å². The summed E-state index contributed by atoms with van der Waals surface area (Å²) >= 11 is 0. The number of aromatic nitrogens is 2. The van der Waals surface area contributed by atoms with Gasteiger partial charge in [-0.05, 0) is 6.92 Å². The molecule has 0 radical (unpaired) electrons. The Morgan fingerprint density at radius 1 is 1.64 bits per heavy atom. The Hall–Kier alpha value is -1.96. The minimum absolute atomic E-state index is 0.0501. The number of nitriles is 1. The third-order valence-corrected chi connectivity index (χ3v) is 1.63. The van der Waals surface area contributed by atoms with E-state index in [1.165, 1.54) is 11.1 Å². The van der Waals surface area contributed by atoms with Gasteiger partial charge in [-0.25, -0.2) is 4.98 Å². The number of aryl methyl sites for hydroxylation is 1. The summed E-state index contributed by atoms with van der Waals surface area (Å²) in [6, 6.07) is 1.89. The maximum Gasteiger partial charge on any atom is 0.274 e. The number of amides is 1. The van der Waals surface area contributed by atoms with Gasteiger partial charge in [-0.1, -0.05) is 0 Å². The highest BCUT2D eigenvalue weighted by molar-refractivity contribution is 5.91. The van der Waals surface area contributed by atoms with Crippen molar-refractivity contribution in [1.29, 1.82) is 5.26 Å². The molecule has 0 aliphatic carbocycles. The Kier molecular flexibility index (Phi) is 3.13. The van der Waals surface area contributed by atoms with Crippen LogP contribution >= 0.6 is 0 Å². The molecule has 0 N–H and O–H groups in total. The highest BCUT2D eigenvalue weighted by Crippen LogP contribution is 1.99. The maximum atomic E-state index is 11.6. The highest BCUT2D eigenvalue weighted by atomic mass is 16.2. The van der Waals surface area contributed by atoms with Crippen molar-refractivity contribution in [1.82, 2.24) is 14.9 Å². The molecule has 1 amide bonds.